The van der Waals surface area contributed by atoms with Gasteiger partial charge in [-0.1, -0.05) is 30.3 Å². The van der Waals surface area contributed by atoms with Crippen molar-refractivity contribution in [2.24, 2.45) is 4.99 Å². The normalized spacial score (nSPS) is 10.8. The summed E-state index contributed by atoms with van der Waals surface area (Å²) < 4.78 is 11.1. The lowest BCUT2D eigenvalue weighted by Gasteiger charge is -2.13. The van der Waals surface area contributed by atoms with Gasteiger partial charge in [-0.2, -0.15) is 0 Å². The van der Waals surface area contributed by atoms with Crippen molar-refractivity contribution in [1.82, 2.24) is 15.5 Å². The Bertz CT molecular complexity index is 826. The Morgan fingerprint density at radius 3 is 2.42 bits per heavy atom. The van der Waals surface area contributed by atoms with Gasteiger partial charge >= 0.3 is 0 Å². The molecule has 0 aliphatic heterocycles. The number of nitrogens with one attached hydrogen (secondary N) is 2. The molecule has 0 aromatic heterocycles. The molecule has 2 aromatic rings. The maximum absolute atomic E-state index is 12.0. The van der Waals surface area contributed by atoms with E-state index in [1.165, 1.54) is 0 Å². The van der Waals surface area contributed by atoms with Crippen LogP contribution in [-0.4, -0.2) is 57.7 Å². The van der Waals surface area contributed by atoms with Crippen molar-refractivity contribution in [2.75, 3.05) is 40.9 Å². The SMILES string of the molecule is CCNC(=NCc1ccc(C(=O)N(C)C)cc1)NCCOCc1ccccc1OC.I. The van der Waals surface area contributed by atoms with Gasteiger partial charge in [0.05, 0.1) is 26.9 Å². The number of carbonyl (C=O) groups is 1. The van der Waals surface area contributed by atoms with E-state index < -0.39 is 0 Å². The Balaban J connectivity index is 0.00000480. The number of hydrogen-bond acceptors (Lipinski definition) is 4. The molecule has 8 heteroatoms. The fourth-order valence-electron chi connectivity index (χ4n) is 2.77. The monoisotopic (exact) mass is 540 g/mol. The third kappa shape index (κ3) is 9.14. The van der Waals surface area contributed by atoms with Crippen molar-refractivity contribution >= 4 is 35.8 Å². The van der Waals surface area contributed by atoms with E-state index in [2.05, 4.69) is 15.6 Å². The molecule has 0 aliphatic rings. The zero-order valence-corrected chi connectivity index (χ0v) is 21.0. The van der Waals surface area contributed by atoms with Gasteiger partial charge in [0.2, 0.25) is 0 Å². The molecule has 0 unspecified atom stereocenters. The van der Waals surface area contributed by atoms with Crippen molar-refractivity contribution in [1.29, 1.82) is 0 Å². The number of nitrogens with zero attached hydrogens (tertiary/aromatic N) is 2. The lowest BCUT2D eigenvalue weighted by molar-refractivity contribution is 0.0827. The fraction of sp³-hybridized carbons (Fsp3) is 0.391. The first kappa shape index (κ1) is 26.7. The highest BCUT2D eigenvalue weighted by Gasteiger charge is 2.07. The Morgan fingerprint density at radius 1 is 1.06 bits per heavy atom. The molecule has 0 saturated carbocycles. The van der Waals surface area contributed by atoms with Gasteiger partial charge in [0, 0.05) is 38.3 Å². The third-order valence-electron chi connectivity index (χ3n) is 4.36. The number of carbonyl (C=O) groups excluding carboxylic acids is 1. The second-order valence-electron chi connectivity index (χ2n) is 6.88. The highest BCUT2D eigenvalue weighted by Crippen LogP contribution is 2.17. The van der Waals surface area contributed by atoms with Crippen LogP contribution in [0.25, 0.3) is 0 Å². The summed E-state index contributed by atoms with van der Waals surface area (Å²) in [6.07, 6.45) is 0. The van der Waals surface area contributed by atoms with E-state index in [1.54, 1.807) is 26.1 Å². The quantitative estimate of drug-likeness (QED) is 0.210. The van der Waals surface area contributed by atoms with Crippen LogP contribution in [0.4, 0.5) is 0 Å². The molecular formula is C23H33IN4O3. The van der Waals surface area contributed by atoms with Gasteiger partial charge in [0.25, 0.3) is 5.91 Å². The highest BCUT2D eigenvalue weighted by atomic mass is 127. The standard InChI is InChI=1S/C23H32N4O3.HI/c1-5-24-23(25-14-15-30-17-20-8-6-7-9-21(20)29-4)26-16-18-10-12-19(13-11-18)22(28)27(2)3;/h6-13H,5,14-17H2,1-4H3,(H2,24,25,26);1H. The second kappa shape index (κ2) is 14.6. The minimum Gasteiger partial charge on any atom is -0.496 e. The van der Waals surface area contributed by atoms with Gasteiger partial charge in [-0.3, -0.25) is 4.79 Å². The molecule has 7 nitrogen and oxygen atoms in total. The summed E-state index contributed by atoms with van der Waals surface area (Å²) in [4.78, 5) is 18.1. The molecule has 0 atom stereocenters. The Morgan fingerprint density at radius 2 is 1.77 bits per heavy atom. The van der Waals surface area contributed by atoms with Gasteiger partial charge in [-0.15, -0.1) is 24.0 Å². The summed E-state index contributed by atoms with van der Waals surface area (Å²) in [5.74, 6) is 1.55. The molecule has 0 fully saturated rings. The average molecular weight is 540 g/mol. The van der Waals surface area contributed by atoms with Crippen LogP contribution in [0.5, 0.6) is 5.75 Å². The van der Waals surface area contributed by atoms with Crippen molar-refractivity contribution < 1.29 is 14.3 Å². The number of rotatable bonds is 10. The van der Waals surface area contributed by atoms with Gasteiger partial charge in [-0.05, 0) is 30.7 Å². The summed E-state index contributed by atoms with van der Waals surface area (Å²) in [5, 5.41) is 6.50. The molecule has 0 bridgehead atoms. The first-order chi connectivity index (χ1) is 14.5. The molecule has 1 amide bonds. The van der Waals surface area contributed by atoms with Crippen LogP contribution < -0.4 is 15.4 Å². The van der Waals surface area contributed by atoms with E-state index in [0.29, 0.717) is 31.9 Å². The molecular weight excluding hydrogens is 507 g/mol. The van der Waals surface area contributed by atoms with Gasteiger partial charge in [0.15, 0.2) is 5.96 Å². The maximum atomic E-state index is 12.0. The smallest absolute Gasteiger partial charge is 0.253 e. The lowest BCUT2D eigenvalue weighted by Crippen LogP contribution is -2.38. The molecule has 2 N–H and O–H groups in total. The molecule has 170 valence electrons. The molecule has 0 heterocycles. The van der Waals surface area contributed by atoms with E-state index in [9.17, 15) is 4.79 Å². The number of halogens is 1. The summed E-state index contributed by atoms with van der Waals surface area (Å²) in [6.45, 7) is 4.99. The predicted octanol–water partition coefficient (Wildman–Crippen LogP) is 3.29. The number of guanidine groups is 1. The van der Waals surface area contributed by atoms with Crippen LogP contribution >= 0.6 is 24.0 Å². The maximum Gasteiger partial charge on any atom is 0.253 e. The number of amides is 1. The Hall–Kier alpha value is -2.33. The summed E-state index contributed by atoms with van der Waals surface area (Å²) in [7, 11) is 5.15. The summed E-state index contributed by atoms with van der Waals surface area (Å²) in [5.41, 5.74) is 2.73. The van der Waals surface area contributed by atoms with E-state index in [1.807, 2.05) is 55.5 Å². The van der Waals surface area contributed by atoms with E-state index in [0.717, 1.165) is 29.4 Å². The topological polar surface area (TPSA) is 75.2 Å². The highest BCUT2D eigenvalue weighted by molar-refractivity contribution is 14.0. The minimum atomic E-state index is -0.00632. The van der Waals surface area contributed by atoms with Crippen LogP contribution in [0.1, 0.15) is 28.4 Å². The molecule has 2 aromatic carbocycles. The van der Waals surface area contributed by atoms with Crippen LogP contribution in [0, 0.1) is 0 Å². The molecule has 31 heavy (non-hydrogen) atoms. The molecule has 0 radical (unpaired) electrons. The zero-order chi connectivity index (χ0) is 21.8. The van der Waals surface area contributed by atoms with Crippen LogP contribution in [-0.2, 0) is 17.9 Å². The van der Waals surface area contributed by atoms with Gasteiger partial charge in [0.1, 0.15) is 5.75 Å². The minimum absolute atomic E-state index is 0. The number of hydrogen-bond donors (Lipinski definition) is 2. The average Bonchev–Trinajstić information content (AvgIpc) is 2.77. The van der Waals surface area contributed by atoms with Gasteiger partial charge < -0.3 is 25.0 Å². The van der Waals surface area contributed by atoms with E-state index in [4.69, 9.17) is 9.47 Å². The van der Waals surface area contributed by atoms with Crippen molar-refractivity contribution in [3.63, 3.8) is 0 Å². The predicted molar refractivity (Wildman–Crippen MR) is 135 cm³/mol. The molecule has 0 spiro atoms. The number of methoxy groups -OCH3 is 1. The summed E-state index contributed by atoms with van der Waals surface area (Å²) in [6, 6.07) is 15.4. The van der Waals surface area contributed by atoms with Crippen LogP contribution in [0.3, 0.4) is 0 Å². The molecule has 0 saturated heterocycles. The van der Waals surface area contributed by atoms with Crippen molar-refractivity contribution in [3.8, 4) is 5.75 Å². The largest absolute Gasteiger partial charge is 0.496 e. The summed E-state index contributed by atoms with van der Waals surface area (Å²) >= 11 is 0. The fourth-order valence-corrected chi connectivity index (χ4v) is 2.77. The number of para-hydroxylation sites is 1. The second-order valence-corrected chi connectivity index (χ2v) is 6.88. The number of benzene rings is 2. The van der Waals surface area contributed by atoms with Crippen molar-refractivity contribution in [2.45, 2.75) is 20.1 Å². The molecule has 0 aliphatic carbocycles. The Kier molecular flexibility index (Phi) is 12.6. The van der Waals surface area contributed by atoms with Crippen LogP contribution in [0.15, 0.2) is 53.5 Å². The molecule has 2 rings (SSSR count). The zero-order valence-electron chi connectivity index (χ0n) is 18.7. The van der Waals surface area contributed by atoms with E-state index in [-0.39, 0.29) is 29.9 Å². The number of aliphatic imine (C=N–C) groups is 1. The van der Waals surface area contributed by atoms with Crippen molar-refractivity contribution in [3.05, 3.63) is 65.2 Å². The van der Waals surface area contributed by atoms with Crippen LogP contribution in [0.2, 0.25) is 0 Å². The van der Waals surface area contributed by atoms with Gasteiger partial charge in [-0.25, -0.2) is 4.99 Å². The van der Waals surface area contributed by atoms with E-state index >= 15 is 0 Å². The third-order valence-corrected chi connectivity index (χ3v) is 4.36. The Labute approximate surface area is 202 Å². The number of ether oxygens (including phenoxy) is 2. The lowest BCUT2D eigenvalue weighted by atomic mass is 10.1. The first-order valence-electron chi connectivity index (χ1n) is 10.1. The first-order valence-corrected chi connectivity index (χ1v) is 10.1.